The number of rotatable bonds is 5. The fourth-order valence-corrected chi connectivity index (χ4v) is 6.45. The predicted molar refractivity (Wildman–Crippen MR) is 121 cm³/mol. The molecule has 0 spiro atoms. The van der Waals surface area contributed by atoms with E-state index in [0.717, 1.165) is 32.5 Å². The van der Waals surface area contributed by atoms with E-state index in [1.165, 1.54) is 42.0 Å². The molecule has 3 saturated heterocycles. The number of hydrogen-bond acceptors (Lipinski definition) is 3. The molecule has 2 aromatic rings. The van der Waals surface area contributed by atoms with Gasteiger partial charge in [-0.15, -0.1) is 0 Å². The lowest BCUT2D eigenvalue weighted by atomic mass is 9.70. The quantitative estimate of drug-likeness (QED) is 0.712. The molecule has 4 heterocycles. The van der Waals surface area contributed by atoms with Gasteiger partial charge in [0.2, 0.25) is 5.91 Å². The van der Waals surface area contributed by atoms with Crippen LogP contribution in [0, 0.1) is 17.8 Å². The lowest BCUT2D eigenvalue weighted by molar-refractivity contribution is -0.153. The standard InChI is InChI=1S/C26H35N3O/c1-18(2)9-10-25-22-13-21(24-7-4-8-26(30)29(24)25)16-28(17-22)15-20-6-3-5-19-14-27-12-11-23(19)20/h3,5-6,11-12,14,18,21-22,24-25H,4,7-10,13,15-17H2,1-2H3/t21-,22+,24+,25+/m1/s1. The first-order valence-electron chi connectivity index (χ1n) is 12.0. The van der Waals surface area contributed by atoms with Gasteiger partial charge in [0.1, 0.15) is 0 Å². The Hall–Kier alpha value is -1.94. The number of benzene rings is 1. The van der Waals surface area contributed by atoms with Crippen LogP contribution in [0.25, 0.3) is 10.8 Å². The highest BCUT2D eigenvalue weighted by molar-refractivity contribution is 5.84. The van der Waals surface area contributed by atoms with E-state index >= 15 is 0 Å². The first kappa shape index (κ1) is 20.0. The second kappa shape index (κ2) is 8.30. The molecule has 1 aromatic heterocycles. The Balaban J connectivity index is 1.39. The van der Waals surface area contributed by atoms with Gasteiger partial charge >= 0.3 is 0 Å². The van der Waals surface area contributed by atoms with E-state index in [1.54, 1.807) is 0 Å². The van der Waals surface area contributed by atoms with Crippen LogP contribution in [-0.2, 0) is 11.3 Å². The van der Waals surface area contributed by atoms with E-state index < -0.39 is 0 Å². The van der Waals surface area contributed by atoms with Gasteiger partial charge < -0.3 is 4.90 Å². The van der Waals surface area contributed by atoms with Gasteiger partial charge in [-0.1, -0.05) is 32.0 Å². The van der Waals surface area contributed by atoms with E-state index in [0.29, 0.717) is 35.7 Å². The van der Waals surface area contributed by atoms with Crippen molar-refractivity contribution in [1.29, 1.82) is 0 Å². The molecule has 0 saturated carbocycles. The Labute approximate surface area is 180 Å². The van der Waals surface area contributed by atoms with Crippen molar-refractivity contribution in [3.05, 3.63) is 42.2 Å². The molecule has 0 unspecified atom stereocenters. The van der Waals surface area contributed by atoms with Gasteiger partial charge in [0, 0.05) is 55.9 Å². The lowest BCUT2D eigenvalue weighted by Gasteiger charge is -2.57. The van der Waals surface area contributed by atoms with Crippen LogP contribution >= 0.6 is 0 Å². The predicted octanol–water partition coefficient (Wildman–Crippen LogP) is 4.87. The zero-order valence-corrected chi connectivity index (χ0v) is 18.5. The summed E-state index contributed by atoms with van der Waals surface area (Å²) in [6.07, 6.45) is 10.6. The van der Waals surface area contributed by atoms with Crippen molar-refractivity contribution in [2.24, 2.45) is 17.8 Å². The highest BCUT2D eigenvalue weighted by Crippen LogP contribution is 2.43. The first-order valence-corrected chi connectivity index (χ1v) is 12.0. The molecule has 0 radical (unpaired) electrons. The third-order valence-corrected chi connectivity index (χ3v) is 7.78. The molecule has 3 aliphatic rings. The van der Waals surface area contributed by atoms with Gasteiger partial charge in [-0.2, -0.15) is 0 Å². The van der Waals surface area contributed by atoms with Gasteiger partial charge in [0.25, 0.3) is 0 Å². The largest absolute Gasteiger partial charge is 0.336 e. The molecule has 5 rings (SSSR count). The van der Waals surface area contributed by atoms with Crippen LogP contribution in [0.4, 0.5) is 0 Å². The van der Waals surface area contributed by atoms with Gasteiger partial charge in [-0.25, -0.2) is 0 Å². The van der Waals surface area contributed by atoms with Crippen LogP contribution in [0.1, 0.15) is 57.9 Å². The molecule has 4 heteroatoms. The normalized spacial score (nSPS) is 29.4. The van der Waals surface area contributed by atoms with Gasteiger partial charge in [-0.05, 0) is 66.9 Å². The summed E-state index contributed by atoms with van der Waals surface area (Å²) in [6.45, 7) is 7.87. The van der Waals surface area contributed by atoms with Crippen molar-refractivity contribution in [2.45, 2.75) is 71.0 Å². The molecule has 3 aliphatic heterocycles. The minimum absolute atomic E-state index is 0.435. The fourth-order valence-electron chi connectivity index (χ4n) is 6.45. The molecule has 160 valence electrons. The van der Waals surface area contributed by atoms with Crippen molar-refractivity contribution in [3.63, 3.8) is 0 Å². The Morgan fingerprint density at radius 3 is 2.90 bits per heavy atom. The Morgan fingerprint density at radius 1 is 1.17 bits per heavy atom. The molecule has 30 heavy (non-hydrogen) atoms. The number of piperidine rings is 3. The number of pyridine rings is 1. The topological polar surface area (TPSA) is 36.4 Å². The van der Waals surface area contributed by atoms with Gasteiger partial charge in [0.05, 0.1) is 0 Å². The Kier molecular flexibility index (Phi) is 5.53. The fraction of sp³-hybridized carbons (Fsp3) is 0.615. The molecule has 4 nitrogen and oxygen atoms in total. The Morgan fingerprint density at radius 2 is 2.03 bits per heavy atom. The smallest absolute Gasteiger partial charge is 0.223 e. The molecule has 1 aromatic carbocycles. The molecule has 2 bridgehead atoms. The molecular weight excluding hydrogens is 370 g/mol. The maximum absolute atomic E-state index is 12.9. The maximum Gasteiger partial charge on any atom is 0.223 e. The minimum Gasteiger partial charge on any atom is -0.336 e. The highest BCUT2D eigenvalue weighted by Gasteiger charge is 2.48. The average Bonchev–Trinajstić information content (AvgIpc) is 2.74. The van der Waals surface area contributed by atoms with Gasteiger partial charge in [0.15, 0.2) is 0 Å². The third kappa shape index (κ3) is 3.75. The maximum atomic E-state index is 12.9. The average molecular weight is 406 g/mol. The summed E-state index contributed by atoms with van der Waals surface area (Å²) >= 11 is 0. The second-order valence-corrected chi connectivity index (χ2v) is 10.3. The van der Waals surface area contributed by atoms with E-state index in [-0.39, 0.29) is 0 Å². The summed E-state index contributed by atoms with van der Waals surface area (Å²) in [5.74, 6) is 2.40. The van der Waals surface area contributed by atoms with Crippen molar-refractivity contribution >= 4 is 16.7 Å². The summed E-state index contributed by atoms with van der Waals surface area (Å²) in [7, 11) is 0. The molecule has 0 N–H and O–H groups in total. The summed E-state index contributed by atoms with van der Waals surface area (Å²) in [6, 6.07) is 9.67. The number of nitrogens with zero attached hydrogens (tertiary/aromatic N) is 3. The minimum atomic E-state index is 0.435. The number of fused-ring (bicyclic) bond motifs is 5. The van der Waals surface area contributed by atoms with Crippen LogP contribution in [0.3, 0.4) is 0 Å². The van der Waals surface area contributed by atoms with Crippen LogP contribution in [0.15, 0.2) is 36.7 Å². The Bertz CT molecular complexity index is 905. The van der Waals surface area contributed by atoms with E-state index in [1.807, 2.05) is 12.4 Å². The lowest BCUT2D eigenvalue weighted by Crippen LogP contribution is -2.64. The number of hydrogen-bond donors (Lipinski definition) is 0. The van der Waals surface area contributed by atoms with Crippen molar-refractivity contribution in [2.75, 3.05) is 13.1 Å². The zero-order valence-electron chi connectivity index (χ0n) is 18.5. The molecular formula is C26H35N3O. The zero-order chi connectivity index (χ0) is 20.7. The summed E-state index contributed by atoms with van der Waals surface area (Å²) in [5, 5.41) is 2.56. The monoisotopic (exact) mass is 405 g/mol. The number of carbonyl (C=O) groups excluding carboxylic acids is 1. The molecule has 3 fully saturated rings. The number of amides is 1. The summed E-state index contributed by atoms with van der Waals surface area (Å²) in [4.78, 5) is 22.3. The van der Waals surface area contributed by atoms with Crippen molar-refractivity contribution < 1.29 is 4.79 Å². The second-order valence-electron chi connectivity index (χ2n) is 10.3. The van der Waals surface area contributed by atoms with E-state index in [9.17, 15) is 4.79 Å². The van der Waals surface area contributed by atoms with Crippen LogP contribution in [-0.4, -0.2) is 45.9 Å². The number of carbonyl (C=O) groups is 1. The van der Waals surface area contributed by atoms with Crippen LogP contribution in [0.5, 0.6) is 0 Å². The van der Waals surface area contributed by atoms with Crippen molar-refractivity contribution in [3.8, 4) is 0 Å². The highest BCUT2D eigenvalue weighted by atomic mass is 16.2. The summed E-state index contributed by atoms with van der Waals surface area (Å²) < 4.78 is 0. The number of likely N-dealkylation sites (tertiary alicyclic amines) is 1. The van der Waals surface area contributed by atoms with Crippen LogP contribution in [0.2, 0.25) is 0 Å². The SMILES string of the molecule is CC(C)CC[C@H]1[C@H]2C[C@H](CN(Cc3cccc4cnccc34)C2)[C@@H]2CCCC(=O)N21. The molecule has 4 atom stereocenters. The van der Waals surface area contributed by atoms with Gasteiger partial charge in [-0.3, -0.25) is 14.7 Å². The third-order valence-electron chi connectivity index (χ3n) is 7.78. The van der Waals surface area contributed by atoms with Crippen LogP contribution < -0.4 is 0 Å². The number of aromatic nitrogens is 1. The van der Waals surface area contributed by atoms with E-state index in [4.69, 9.17) is 0 Å². The summed E-state index contributed by atoms with van der Waals surface area (Å²) in [5.41, 5.74) is 1.41. The first-order chi connectivity index (χ1) is 14.6. The molecule has 0 aliphatic carbocycles. The van der Waals surface area contributed by atoms with E-state index in [2.05, 4.69) is 52.9 Å². The van der Waals surface area contributed by atoms with Crippen molar-refractivity contribution in [1.82, 2.24) is 14.8 Å². The molecule has 1 amide bonds.